The third kappa shape index (κ3) is 2.28. The van der Waals surface area contributed by atoms with E-state index < -0.39 is 0 Å². The summed E-state index contributed by atoms with van der Waals surface area (Å²) in [6.07, 6.45) is 0.696. The highest BCUT2D eigenvalue weighted by Crippen LogP contribution is 2.30. The summed E-state index contributed by atoms with van der Waals surface area (Å²) in [5.41, 5.74) is 4.13. The minimum Gasteiger partial charge on any atom is -0.392 e. The summed E-state index contributed by atoms with van der Waals surface area (Å²) in [5, 5.41) is 13.2. The molecular weight excluding hydrogens is 302 g/mol. The van der Waals surface area contributed by atoms with Crippen molar-refractivity contribution in [2.45, 2.75) is 13.0 Å². The van der Waals surface area contributed by atoms with E-state index >= 15 is 0 Å². The lowest BCUT2D eigenvalue weighted by molar-refractivity contribution is 0.0845. The smallest absolute Gasteiger partial charge is 0.258 e. The van der Waals surface area contributed by atoms with E-state index in [0.29, 0.717) is 17.5 Å². The Hall–Kier alpha value is -2.98. The minimum atomic E-state index is -0.345. The van der Waals surface area contributed by atoms with Crippen molar-refractivity contribution in [3.8, 4) is 0 Å². The topological polar surface area (TPSA) is 66.4 Å². The zero-order valence-corrected chi connectivity index (χ0v) is 12.9. The number of aliphatic hydroxyl groups excluding tert-OH is 1. The lowest BCUT2D eigenvalue weighted by Crippen LogP contribution is -2.34. The lowest BCUT2D eigenvalue weighted by atomic mass is 9.90. The van der Waals surface area contributed by atoms with Gasteiger partial charge in [-0.05, 0) is 40.6 Å². The fraction of sp³-hybridized carbons (Fsp3) is 0.100. The largest absolute Gasteiger partial charge is 0.392 e. The highest BCUT2D eigenvalue weighted by Gasteiger charge is 2.25. The van der Waals surface area contributed by atoms with Crippen molar-refractivity contribution in [3.63, 3.8) is 0 Å². The summed E-state index contributed by atoms with van der Waals surface area (Å²) in [6.45, 7) is 0.0263. The summed E-state index contributed by atoms with van der Waals surface area (Å²) in [4.78, 5) is 24.1. The number of hydrogen-bond donors (Lipinski definition) is 2. The van der Waals surface area contributed by atoms with E-state index in [-0.39, 0.29) is 18.4 Å². The zero-order valence-electron chi connectivity index (χ0n) is 12.9. The van der Waals surface area contributed by atoms with Gasteiger partial charge in [-0.15, -0.1) is 0 Å². The van der Waals surface area contributed by atoms with Crippen molar-refractivity contribution < 1.29 is 14.7 Å². The molecule has 0 fully saturated rings. The van der Waals surface area contributed by atoms with Crippen LogP contribution in [0.3, 0.4) is 0 Å². The Morgan fingerprint density at radius 1 is 0.792 bits per heavy atom. The summed E-state index contributed by atoms with van der Waals surface area (Å²) in [5.74, 6) is -0.690. The Labute approximate surface area is 138 Å². The first-order valence-corrected chi connectivity index (χ1v) is 7.76. The van der Waals surface area contributed by atoms with Gasteiger partial charge in [0.1, 0.15) is 0 Å². The quantitative estimate of drug-likeness (QED) is 0.730. The van der Waals surface area contributed by atoms with E-state index in [9.17, 15) is 9.59 Å². The Morgan fingerprint density at radius 3 is 2.17 bits per heavy atom. The molecule has 4 rings (SSSR count). The second-order valence-electron chi connectivity index (χ2n) is 5.94. The molecule has 2 N–H and O–H groups in total. The van der Waals surface area contributed by atoms with E-state index in [0.717, 1.165) is 27.5 Å². The third-order valence-corrected chi connectivity index (χ3v) is 4.45. The van der Waals surface area contributed by atoms with Crippen LogP contribution in [0.4, 0.5) is 0 Å². The Balaban J connectivity index is 1.84. The van der Waals surface area contributed by atoms with Gasteiger partial charge >= 0.3 is 0 Å². The number of hydrogen-bond acceptors (Lipinski definition) is 3. The highest BCUT2D eigenvalue weighted by atomic mass is 16.3. The van der Waals surface area contributed by atoms with Gasteiger partial charge in [0.25, 0.3) is 11.8 Å². The van der Waals surface area contributed by atoms with Gasteiger partial charge in [-0.3, -0.25) is 14.9 Å². The first-order chi connectivity index (χ1) is 11.7. The van der Waals surface area contributed by atoms with Crippen LogP contribution in [0, 0.1) is 0 Å². The Bertz CT molecular complexity index is 954. The average Bonchev–Trinajstić information content (AvgIpc) is 2.61. The van der Waals surface area contributed by atoms with Gasteiger partial charge in [-0.2, -0.15) is 0 Å². The van der Waals surface area contributed by atoms with Crippen molar-refractivity contribution >= 4 is 22.6 Å². The molecule has 0 bridgehead atoms. The van der Waals surface area contributed by atoms with Crippen LogP contribution in [0.15, 0.2) is 54.6 Å². The van der Waals surface area contributed by atoms with Crippen LogP contribution >= 0.6 is 0 Å². The van der Waals surface area contributed by atoms with E-state index in [4.69, 9.17) is 5.11 Å². The predicted octanol–water partition coefficient (Wildman–Crippen LogP) is 2.81. The number of carbonyl (C=O) groups excluding carboxylic acids is 2. The predicted molar refractivity (Wildman–Crippen MR) is 90.9 cm³/mol. The number of imide groups is 1. The zero-order chi connectivity index (χ0) is 16.7. The second kappa shape index (κ2) is 5.58. The van der Waals surface area contributed by atoms with Crippen molar-refractivity contribution in [3.05, 3.63) is 82.4 Å². The maximum Gasteiger partial charge on any atom is 0.258 e. The number of aliphatic hydroxyl groups is 1. The molecule has 2 amide bonds. The SMILES string of the molecule is O=C1NC(=O)c2ccc(Cc3ccc(CO)cc3)c3cccc1c23. The Morgan fingerprint density at radius 2 is 1.46 bits per heavy atom. The van der Waals surface area contributed by atoms with Crippen LogP contribution in [-0.4, -0.2) is 16.9 Å². The number of rotatable bonds is 3. The van der Waals surface area contributed by atoms with Crippen molar-refractivity contribution in [1.82, 2.24) is 5.32 Å². The summed E-state index contributed by atoms with van der Waals surface area (Å²) in [6, 6.07) is 17.0. The molecule has 4 nitrogen and oxygen atoms in total. The van der Waals surface area contributed by atoms with Gasteiger partial charge in [0, 0.05) is 16.5 Å². The molecule has 1 heterocycles. The molecule has 24 heavy (non-hydrogen) atoms. The van der Waals surface area contributed by atoms with Crippen LogP contribution in [0.2, 0.25) is 0 Å². The van der Waals surface area contributed by atoms with Gasteiger partial charge in [-0.1, -0.05) is 42.5 Å². The number of nitrogens with one attached hydrogen (secondary N) is 1. The molecule has 4 heteroatoms. The van der Waals surface area contributed by atoms with Gasteiger partial charge in [0.05, 0.1) is 6.61 Å². The van der Waals surface area contributed by atoms with E-state index in [1.807, 2.05) is 42.5 Å². The van der Waals surface area contributed by atoms with Crippen molar-refractivity contribution in [2.24, 2.45) is 0 Å². The number of amides is 2. The average molecular weight is 317 g/mol. The molecule has 0 unspecified atom stereocenters. The van der Waals surface area contributed by atoms with Gasteiger partial charge < -0.3 is 5.11 Å². The number of carbonyl (C=O) groups is 2. The summed E-state index contributed by atoms with van der Waals surface area (Å²) in [7, 11) is 0. The Kier molecular flexibility index (Phi) is 3.40. The van der Waals surface area contributed by atoms with Crippen LogP contribution < -0.4 is 5.32 Å². The first kappa shape index (κ1) is 14.6. The highest BCUT2D eigenvalue weighted by molar-refractivity contribution is 6.25. The first-order valence-electron chi connectivity index (χ1n) is 7.76. The maximum absolute atomic E-state index is 12.1. The standard InChI is InChI=1S/C20H15NO3/c22-11-13-6-4-12(5-7-13)10-14-8-9-17-18-15(14)2-1-3-16(18)19(23)21-20(17)24/h1-9,22H,10-11H2,(H,21,23,24). The number of benzene rings is 3. The molecule has 0 spiro atoms. The molecule has 0 aromatic heterocycles. The lowest BCUT2D eigenvalue weighted by Gasteiger charge is -2.18. The van der Waals surface area contributed by atoms with Crippen LogP contribution in [0.5, 0.6) is 0 Å². The van der Waals surface area contributed by atoms with E-state index in [1.54, 1.807) is 12.1 Å². The monoisotopic (exact) mass is 317 g/mol. The normalized spacial score (nSPS) is 13.2. The molecule has 0 radical (unpaired) electrons. The fourth-order valence-electron chi connectivity index (χ4n) is 3.22. The van der Waals surface area contributed by atoms with E-state index in [1.165, 1.54) is 0 Å². The van der Waals surface area contributed by atoms with Crippen molar-refractivity contribution in [2.75, 3.05) is 0 Å². The maximum atomic E-state index is 12.1. The molecule has 1 aliphatic heterocycles. The van der Waals surface area contributed by atoms with Crippen molar-refractivity contribution in [1.29, 1.82) is 0 Å². The molecule has 0 saturated carbocycles. The molecular formula is C20H15NO3. The summed E-state index contributed by atoms with van der Waals surface area (Å²) < 4.78 is 0. The van der Waals surface area contributed by atoms with E-state index in [2.05, 4.69) is 5.32 Å². The van der Waals surface area contributed by atoms with Gasteiger partial charge in [-0.25, -0.2) is 0 Å². The van der Waals surface area contributed by atoms with Crippen LogP contribution in [-0.2, 0) is 13.0 Å². The molecule has 0 atom stereocenters. The fourth-order valence-corrected chi connectivity index (χ4v) is 3.22. The third-order valence-electron chi connectivity index (χ3n) is 4.45. The van der Waals surface area contributed by atoms with Gasteiger partial charge in [0.2, 0.25) is 0 Å². The molecule has 0 aliphatic carbocycles. The second-order valence-corrected chi connectivity index (χ2v) is 5.94. The van der Waals surface area contributed by atoms with Crippen LogP contribution in [0.25, 0.3) is 10.8 Å². The molecule has 1 aliphatic rings. The molecule has 3 aromatic carbocycles. The van der Waals surface area contributed by atoms with Gasteiger partial charge in [0.15, 0.2) is 0 Å². The summed E-state index contributed by atoms with van der Waals surface area (Å²) >= 11 is 0. The molecule has 3 aromatic rings. The minimum absolute atomic E-state index is 0.0263. The molecule has 0 saturated heterocycles. The van der Waals surface area contributed by atoms with Crippen LogP contribution in [0.1, 0.15) is 37.4 Å². The molecule has 118 valence electrons.